The van der Waals surface area contributed by atoms with Gasteiger partial charge in [0.2, 0.25) is 5.28 Å². The highest BCUT2D eigenvalue weighted by Gasteiger charge is 2.49. The number of nitrogens with zero attached hydrogens (tertiary/aromatic N) is 4. The molecule has 112 valence electrons. The molecule has 0 N–H and O–H groups in total. The third-order valence-electron chi connectivity index (χ3n) is 3.74. The van der Waals surface area contributed by atoms with E-state index < -0.39 is 18.0 Å². The Bertz CT molecular complexity index is 692. The predicted octanol–water partition coefficient (Wildman–Crippen LogP) is 3.76. The minimum atomic E-state index is -4.18. The lowest BCUT2D eigenvalue weighted by Gasteiger charge is -2.17. The number of fused-ring (bicyclic) bond motifs is 1. The number of alkyl halides is 3. The number of halogens is 4. The molecule has 0 unspecified atom stereocenters. The first kappa shape index (κ1) is 14.4. The lowest BCUT2D eigenvalue weighted by molar-refractivity contribution is -0.136. The molecule has 2 aromatic heterocycles. The Morgan fingerprint density at radius 1 is 1.24 bits per heavy atom. The Kier molecular flexibility index (Phi) is 3.27. The second-order valence-electron chi connectivity index (χ2n) is 5.42. The standard InChI is InChI=1S/C13H12ClF3N4/c1-7-6-18-8-9(20-11(14)21-10(8)19-7)12(2-3-12)4-5-13(15,16)17/h6H,2-5H2,1H3. The van der Waals surface area contributed by atoms with Crippen LogP contribution in [-0.4, -0.2) is 26.1 Å². The molecule has 0 radical (unpaired) electrons. The van der Waals surface area contributed by atoms with Gasteiger partial charge in [0.05, 0.1) is 11.4 Å². The van der Waals surface area contributed by atoms with Crippen molar-refractivity contribution in [2.75, 3.05) is 0 Å². The van der Waals surface area contributed by atoms with Crippen molar-refractivity contribution in [3.8, 4) is 0 Å². The molecule has 1 aliphatic carbocycles. The van der Waals surface area contributed by atoms with Gasteiger partial charge in [-0.3, -0.25) is 0 Å². The van der Waals surface area contributed by atoms with Crippen LogP contribution in [0.5, 0.6) is 0 Å². The van der Waals surface area contributed by atoms with E-state index in [1.165, 1.54) is 0 Å². The largest absolute Gasteiger partial charge is 0.389 e. The zero-order valence-corrected chi connectivity index (χ0v) is 12.0. The Morgan fingerprint density at radius 3 is 2.57 bits per heavy atom. The van der Waals surface area contributed by atoms with Crippen molar-refractivity contribution in [2.24, 2.45) is 0 Å². The lowest BCUT2D eigenvalue weighted by Crippen LogP contribution is -2.17. The highest BCUT2D eigenvalue weighted by molar-refractivity contribution is 6.28. The van der Waals surface area contributed by atoms with Gasteiger partial charge in [0.25, 0.3) is 0 Å². The number of aromatic nitrogens is 4. The van der Waals surface area contributed by atoms with Crippen LogP contribution in [0, 0.1) is 6.92 Å². The molecule has 0 aliphatic heterocycles. The minimum Gasteiger partial charge on any atom is -0.249 e. The zero-order valence-electron chi connectivity index (χ0n) is 11.2. The molecule has 0 aromatic carbocycles. The van der Waals surface area contributed by atoms with Crippen LogP contribution in [0.15, 0.2) is 6.20 Å². The summed E-state index contributed by atoms with van der Waals surface area (Å²) in [6.45, 7) is 1.76. The highest BCUT2D eigenvalue weighted by atomic mass is 35.5. The summed E-state index contributed by atoms with van der Waals surface area (Å²) in [6.07, 6.45) is -2.15. The van der Waals surface area contributed by atoms with E-state index in [4.69, 9.17) is 11.6 Å². The summed E-state index contributed by atoms with van der Waals surface area (Å²) in [5, 5.41) is -0.00400. The van der Waals surface area contributed by atoms with Gasteiger partial charge in [-0.15, -0.1) is 0 Å². The maximum absolute atomic E-state index is 12.5. The Morgan fingerprint density at radius 2 is 1.95 bits per heavy atom. The first-order valence-corrected chi connectivity index (χ1v) is 6.91. The molecule has 0 amide bonds. The van der Waals surface area contributed by atoms with Crippen LogP contribution < -0.4 is 0 Å². The van der Waals surface area contributed by atoms with E-state index in [1.54, 1.807) is 13.1 Å². The molecule has 8 heteroatoms. The topological polar surface area (TPSA) is 51.6 Å². The molecular formula is C13H12ClF3N4. The van der Waals surface area contributed by atoms with Crippen molar-refractivity contribution in [1.82, 2.24) is 19.9 Å². The summed E-state index contributed by atoms with van der Waals surface area (Å²) in [6, 6.07) is 0. The quantitative estimate of drug-likeness (QED) is 0.809. The molecule has 0 bridgehead atoms. The summed E-state index contributed by atoms with van der Waals surface area (Å²) < 4.78 is 37.5. The Hall–Kier alpha value is -1.50. The maximum Gasteiger partial charge on any atom is 0.389 e. The predicted molar refractivity (Wildman–Crippen MR) is 71.1 cm³/mol. The van der Waals surface area contributed by atoms with Crippen molar-refractivity contribution < 1.29 is 13.2 Å². The van der Waals surface area contributed by atoms with Crippen LogP contribution in [-0.2, 0) is 5.41 Å². The van der Waals surface area contributed by atoms with E-state index in [-0.39, 0.29) is 11.7 Å². The fraction of sp³-hybridized carbons (Fsp3) is 0.538. The van der Waals surface area contributed by atoms with Gasteiger partial charge >= 0.3 is 6.18 Å². The summed E-state index contributed by atoms with van der Waals surface area (Å²) in [5.41, 5.74) is 1.36. The monoisotopic (exact) mass is 316 g/mol. The van der Waals surface area contributed by atoms with Crippen molar-refractivity contribution in [3.63, 3.8) is 0 Å². The number of rotatable bonds is 3. The van der Waals surface area contributed by atoms with E-state index in [9.17, 15) is 13.2 Å². The third kappa shape index (κ3) is 2.92. The second-order valence-corrected chi connectivity index (χ2v) is 5.76. The van der Waals surface area contributed by atoms with Gasteiger partial charge in [0.15, 0.2) is 5.65 Å². The van der Waals surface area contributed by atoms with Crippen molar-refractivity contribution in [2.45, 2.75) is 44.2 Å². The van der Waals surface area contributed by atoms with Crippen LogP contribution in [0.1, 0.15) is 37.1 Å². The fourth-order valence-corrected chi connectivity index (χ4v) is 2.64. The van der Waals surface area contributed by atoms with E-state index in [2.05, 4.69) is 19.9 Å². The van der Waals surface area contributed by atoms with Crippen LogP contribution >= 0.6 is 11.6 Å². The van der Waals surface area contributed by atoms with Gasteiger partial charge in [0, 0.05) is 18.0 Å². The van der Waals surface area contributed by atoms with Gasteiger partial charge in [-0.25, -0.2) is 15.0 Å². The van der Waals surface area contributed by atoms with Crippen molar-refractivity contribution in [1.29, 1.82) is 0 Å². The first-order chi connectivity index (χ1) is 9.79. The van der Waals surface area contributed by atoms with Gasteiger partial charge < -0.3 is 0 Å². The Labute approximate surface area is 123 Å². The molecule has 3 rings (SSSR count). The molecule has 1 saturated carbocycles. The van der Waals surface area contributed by atoms with E-state index in [0.717, 1.165) is 0 Å². The molecule has 2 heterocycles. The molecular weight excluding hydrogens is 305 g/mol. The van der Waals surface area contributed by atoms with Crippen molar-refractivity contribution >= 4 is 22.8 Å². The third-order valence-corrected chi connectivity index (χ3v) is 3.91. The molecule has 0 saturated heterocycles. The summed E-state index contributed by atoms with van der Waals surface area (Å²) in [5.74, 6) is 0. The van der Waals surface area contributed by atoms with E-state index in [0.29, 0.717) is 35.4 Å². The summed E-state index contributed by atoms with van der Waals surface area (Å²) in [4.78, 5) is 16.6. The average molecular weight is 317 g/mol. The maximum atomic E-state index is 12.5. The molecule has 0 atom stereocenters. The lowest BCUT2D eigenvalue weighted by atomic mass is 9.94. The van der Waals surface area contributed by atoms with E-state index >= 15 is 0 Å². The molecule has 0 spiro atoms. The van der Waals surface area contributed by atoms with Crippen LogP contribution in [0.2, 0.25) is 5.28 Å². The number of aryl methyl sites for hydroxylation is 1. The van der Waals surface area contributed by atoms with Crippen LogP contribution in [0.3, 0.4) is 0 Å². The van der Waals surface area contributed by atoms with Gasteiger partial charge in [-0.2, -0.15) is 18.2 Å². The molecule has 21 heavy (non-hydrogen) atoms. The molecule has 2 aromatic rings. The summed E-state index contributed by atoms with van der Waals surface area (Å²) in [7, 11) is 0. The SMILES string of the molecule is Cc1cnc2c(C3(CCC(F)(F)F)CC3)nc(Cl)nc2n1. The second kappa shape index (κ2) is 4.76. The van der Waals surface area contributed by atoms with E-state index in [1.807, 2.05) is 0 Å². The van der Waals surface area contributed by atoms with Crippen molar-refractivity contribution in [3.05, 3.63) is 22.9 Å². The van der Waals surface area contributed by atoms with Crippen LogP contribution in [0.25, 0.3) is 11.2 Å². The molecule has 4 nitrogen and oxygen atoms in total. The fourth-order valence-electron chi connectivity index (χ4n) is 2.47. The molecule has 1 fully saturated rings. The number of hydrogen-bond acceptors (Lipinski definition) is 4. The number of hydrogen-bond donors (Lipinski definition) is 0. The van der Waals surface area contributed by atoms with Gasteiger partial charge in [-0.1, -0.05) is 0 Å². The first-order valence-electron chi connectivity index (χ1n) is 6.53. The van der Waals surface area contributed by atoms with Gasteiger partial charge in [-0.05, 0) is 37.8 Å². The van der Waals surface area contributed by atoms with Gasteiger partial charge in [0.1, 0.15) is 5.52 Å². The normalized spacial score (nSPS) is 17.2. The summed E-state index contributed by atoms with van der Waals surface area (Å²) >= 11 is 5.89. The smallest absolute Gasteiger partial charge is 0.249 e. The minimum absolute atomic E-state index is 0.00400. The molecule has 1 aliphatic rings. The average Bonchev–Trinajstić information content (AvgIpc) is 3.15. The van der Waals surface area contributed by atoms with Crippen LogP contribution in [0.4, 0.5) is 13.2 Å². The highest BCUT2D eigenvalue weighted by Crippen LogP contribution is 2.53. The Balaban J connectivity index is 2.04. The zero-order chi connectivity index (χ0) is 15.3.